The molecule has 0 aliphatic rings. The van der Waals surface area contributed by atoms with Crippen molar-refractivity contribution in [3.63, 3.8) is 0 Å². The third kappa shape index (κ3) is 4.34. The Morgan fingerprint density at radius 3 is 2.72 bits per heavy atom. The second kappa shape index (κ2) is 6.50. The Kier molecular flexibility index (Phi) is 5.00. The van der Waals surface area contributed by atoms with Gasteiger partial charge in [-0.25, -0.2) is 0 Å². The van der Waals surface area contributed by atoms with E-state index >= 15 is 0 Å². The minimum absolute atomic E-state index is 0.0846. The van der Waals surface area contributed by atoms with Crippen LogP contribution in [0.1, 0.15) is 6.42 Å². The number of rotatable bonds is 5. The molecule has 0 saturated heterocycles. The molecule has 0 aliphatic carbocycles. The van der Waals surface area contributed by atoms with Crippen molar-refractivity contribution in [2.24, 2.45) is 0 Å². The first-order valence-corrected chi connectivity index (χ1v) is 5.41. The molecular formula is C10H11N3O4S. The number of carbonyl (C=O) groups is 1. The third-order valence-corrected chi connectivity index (χ3v) is 2.22. The molecule has 0 atom stereocenters. The molecule has 0 saturated carbocycles. The van der Waals surface area contributed by atoms with Crippen LogP contribution in [0.2, 0.25) is 0 Å². The van der Waals surface area contributed by atoms with Crippen molar-refractivity contribution in [2.75, 3.05) is 11.9 Å². The van der Waals surface area contributed by atoms with Crippen LogP contribution in [-0.4, -0.2) is 27.7 Å². The van der Waals surface area contributed by atoms with Gasteiger partial charge in [0.05, 0.1) is 11.3 Å². The van der Waals surface area contributed by atoms with Crippen LogP contribution in [0.25, 0.3) is 0 Å². The summed E-state index contributed by atoms with van der Waals surface area (Å²) in [4.78, 5) is 20.5. The van der Waals surface area contributed by atoms with Gasteiger partial charge >= 0.3 is 5.97 Å². The minimum Gasteiger partial charge on any atom is -0.481 e. The van der Waals surface area contributed by atoms with Crippen molar-refractivity contribution in [1.82, 2.24) is 5.32 Å². The number of nitrogens with one attached hydrogen (secondary N) is 2. The number of hydrogen-bond acceptors (Lipinski definition) is 4. The van der Waals surface area contributed by atoms with Crippen LogP contribution in [0.3, 0.4) is 0 Å². The van der Waals surface area contributed by atoms with E-state index in [0.29, 0.717) is 0 Å². The molecule has 0 bridgehead atoms. The van der Waals surface area contributed by atoms with Gasteiger partial charge in [-0.05, 0) is 18.3 Å². The Balaban J connectivity index is 2.59. The van der Waals surface area contributed by atoms with Crippen molar-refractivity contribution in [3.05, 3.63) is 34.4 Å². The normalized spacial score (nSPS) is 9.56. The molecule has 0 aromatic heterocycles. The summed E-state index contributed by atoms with van der Waals surface area (Å²) >= 11 is 4.90. The number of nitro benzene ring substituents is 1. The van der Waals surface area contributed by atoms with E-state index in [0.717, 1.165) is 0 Å². The van der Waals surface area contributed by atoms with E-state index in [4.69, 9.17) is 17.3 Å². The van der Waals surface area contributed by atoms with Crippen LogP contribution in [0.4, 0.5) is 11.4 Å². The monoisotopic (exact) mass is 269 g/mol. The van der Waals surface area contributed by atoms with Gasteiger partial charge in [0.25, 0.3) is 5.69 Å². The number of anilines is 1. The van der Waals surface area contributed by atoms with Gasteiger partial charge in [0, 0.05) is 12.6 Å². The zero-order chi connectivity index (χ0) is 13.5. The van der Waals surface area contributed by atoms with E-state index in [1.165, 1.54) is 12.1 Å². The number of hydrogen-bond donors (Lipinski definition) is 3. The van der Waals surface area contributed by atoms with Crippen LogP contribution < -0.4 is 10.6 Å². The molecule has 0 fully saturated rings. The van der Waals surface area contributed by atoms with Gasteiger partial charge in [0.1, 0.15) is 5.69 Å². The van der Waals surface area contributed by atoms with Gasteiger partial charge in [-0.1, -0.05) is 12.1 Å². The van der Waals surface area contributed by atoms with E-state index in [1.807, 2.05) is 0 Å². The second-order valence-electron chi connectivity index (χ2n) is 3.30. The zero-order valence-electron chi connectivity index (χ0n) is 9.25. The van der Waals surface area contributed by atoms with Gasteiger partial charge in [-0.3, -0.25) is 14.9 Å². The van der Waals surface area contributed by atoms with Crippen molar-refractivity contribution >= 4 is 34.7 Å². The Morgan fingerprint density at radius 1 is 1.44 bits per heavy atom. The number of carboxylic acids is 1. The summed E-state index contributed by atoms with van der Waals surface area (Å²) < 4.78 is 0. The molecule has 18 heavy (non-hydrogen) atoms. The maximum Gasteiger partial charge on any atom is 0.305 e. The lowest BCUT2D eigenvalue weighted by molar-refractivity contribution is -0.383. The van der Waals surface area contributed by atoms with Gasteiger partial charge in [-0.15, -0.1) is 0 Å². The fourth-order valence-corrected chi connectivity index (χ4v) is 1.40. The molecule has 0 aliphatic heterocycles. The molecule has 3 N–H and O–H groups in total. The summed E-state index contributed by atoms with van der Waals surface area (Å²) in [6.07, 6.45) is -0.0846. The molecule has 8 heteroatoms. The molecule has 0 unspecified atom stereocenters. The minimum atomic E-state index is -0.948. The Morgan fingerprint density at radius 2 is 2.11 bits per heavy atom. The summed E-state index contributed by atoms with van der Waals surface area (Å²) in [5, 5.41) is 24.6. The fourth-order valence-electron chi connectivity index (χ4n) is 1.19. The first-order valence-electron chi connectivity index (χ1n) is 5.01. The van der Waals surface area contributed by atoms with Crippen LogP contribution in [0, 0.1) is 10.1 Å². The van der Waals surface area contributed by atoms with Gasteiger partial charge in [0.15, 0.2) is 5.11 Å². The highest BCUT2D eigenvalue weighted by Gasteiger charge is 2.12. The maximum absolute atomic E-state index is 10.7. The largest absolute Gasteiger partial charge is 0.481 e. The molecule has 96 valence electrons. The number of carboxylic acid groups (broad SMARTS) is 1. The molecule has 1 aromatic carbocycles. The number of benzene rings is 1. The lowest BCUT2D eigenvalue weighted by Crippen LogP contribution is -2.30. The lowest BCUT2D eigenvalue weighted by Gasteiger charge is -2.09. The van der Waals surface area contributed by atoms with E-state index in [2.05, 4.69) is 10.6 Å². The SMILES string of the molecule is O=C(O)CCNC(=S)Nc1ccccc1[N+](=O)[O-]. The van der Waals surface area contributed by atoms with Crippen molar-refractivity contribution in [1.29, 1.82) is 0 Å². The summed E-state index contributed by atoms with van der Waals surface area (Å²) in [5.74, 6) is -0.948. The number of thiocarbonyl (C=S) groups is 1. The second-order valence-corrected chi connectivity index (χ2v) is 3.71. The van der Waals surface area contributed by atoms with Crippen LogP contribution in [0.15, 0.2) is 24.3 Å². The number of para-hydroxylation sites is 2. The highest BCUT2D eigenvalue weighted by Crippen LogP contribution is 2.22. The van der Waals surface area contributed by atoms with Crippen LogP contribution in [0.5, 0.6) is 0 Å². The number of nitrogens with zero attached hydrogens (tertiary/aromatic N) is 1. The Bertz CT molecular complexity index is 478. The van der Waals surface area contributed by atoms with E-state index < -0.39 is 10.9 Å². The summed E-state index contributed by atoms with van der Waals surface area (Å²) in [7, 11) is 0. The van der Waals surface area contributed by atoms with E-state index in [1.54, 1.807) is 12.1 Å². The average Bonchev–Trinajstić information content (AvgIpc) is 2.28. The molecule has 1 aromatic rings. The van der Waals surface area contributed by atoms with Crippen molar-refractivity contribution in [3.8, 4) is 0 Å². The Hall–Kier alpha value is -2.22. The standard InChI is InChI=1S/C10H11N3O4S/c14-9(15)5-6-11-10(18)12-7-3-1-2-4-8(7)13(16)17/h1-4H,5-6H2,(H,14,15)(H2,11,12,18). The predicted octanol–water partition coefficient (Wildman–Crippen LogP) is 1.36. The Labute approximate surface area is 108 Å². The van der Waals surface area contributed by atoms with Gasteiger partial charge < -0.3 is 15.7 Å². The number of nitro groups is 1. The molecular weight excluding hydrogens is 258 g/mol. The summed E-state index contributed by atoms with van der Waals surface area (Å²) in [6.45, 7) is 0.155. The first-order chi connectivity index (χ1) is 8.50. The zero-order valence-corrected chi connectivity index (χ0v) is 10.1. The third-order valence-electron chi connectivity index (χ3n) is 1.97. The molecule has 0 amide bonds. The molecule has 1 rings (SSSR count). The highest BCUT2D eigenvalue weighted by molar-refractivity contribution is 7.80. The van der Waals surface area contributed by atoms with Gasteiger partial charge in [-0.2, -0.15) is 0 Å². The lowest BCUT2D eigenvalue weighted by atomic mass is 10.3. The predicted molar refractivity (Wildman–Crippen MR) is 69.6 cm³/mol. The molecule has 0 spiro atoms. The molecule has 7 nitrogen and oxygen atoms in total. The number of aliphatic carboxylic acids is 1. The summed E-state index contributed by atoms with van der Waals surface area (Å²) in [6, 6.07) is 6.05. The van der Waals surface area contributed by atoms with E-state index in [-0.39, 0.29) is 29.5 Å². The maximum atomic E-state index is 10.7. The quantitative estimate of drug-likeness (QED) is 0.421. The fraction of sp³-hybridized carbons (Fsp3) is 0.200. The van der Waals surface area contributed by atoms with Crippen molar-refractivity contribution in [2.45, 2.75) is 6.42 Å². The van der Waals surface area contributed by atoms with E-state index in [9.17, 15) is 14.9 Å². The first kappa shape index (κ1) is 13.8. The van der Waals surface area contributed by atoms with Crippen molar-refractivity contribution < 1.29 is 14.8 Å². The van der Waals surface area contributed by atoms with Crippen LogP contribution in [-0.2, 0) is 4.79 Å². The van der Waals surface area contributed by atoms with Crippen LogP contribution >= 0.6 is 12.2 Å². The molecule has 0 heterocycles. The molecule has 0 radical (unpaired) electrons. The summed E-state index contributed by atoms with van der Waals surface area (Å²) in [5.41, 5.74) is 0.162. The highest BCUT2D eigenvalue weighted by atomic mass is 32.1. The van der Waals surface area contributed by atoms with Gasteiger partial charge in [0.2, 0.25) is 0 Å². The smallest absolute Gasteiger partial charge is 0.305 e. The topological polar surface area (TPSA) is 104 Å². The average molecular weight is 269 g/mol.